The van der Waals surface area contributed by atoms with E-state index in [-0.39, 0.29) is 17.0 Å². The Labute approximate surface area is 128 Å². The second-order valence-corrected chi connectivity index (χ2v) is 5.21. The average Bonchev–Trinajstić information content (AvgIpc) is 3.07. The molecule has 1 saturated heterocycles. The Kier molecular flexibility index (Phi) is 5.11. The fraction of sp³-hybridized carbons (Fsp3) is 0.562. The molecule has 122 valence electrons. The molecule has 0 amide bonds. The van der Waals surface area contributed by atoms with E-state index in [1.807, 2.05) is 13.8 Å². The second kappa shape index (κ2) is 6.69. The van der Waals surface area contributed by atoms with E-state index in [1.54, 1.807) is 13.0 Å². The minimum atomic E-state index is -4.43. The lowest BCUT2D eigenvalue weighted by Crippen LogP contribution is -2.19. The number of alkyl halides is 3. The average molecular weight is 314 g/mol. The van der Waals surface area contributed by atoms with E-state index in [0.717, 1.165) is 25.9 Å². The maximum Gasteiger partial charge on any atom is 0.420 e. The van der Waals surface area contributed by atoms with Gasteiger partial charge in [-0.3, -0.25) is 4.90 Å². The summed E-state index contributed by atoms with van der Waals surface area (Å²) < 4.78 is 44.5. The van der Waals surface area contributed by atoms with Crippen LogP contribution in [0.1, 0.15) is 43.7 Å². The van der Waals surface area contributed by atoms with Gasteiger partial charge in [-0.1, -0.05) is 13.8 Å². The van der Waals surface area contributed by atoms with Crippen molar-refractivity contribution in [2.75, 3.05) is 13.1 Å². The van der Waals surface area contributed by atoms with Crippen molar-refractivity contribution in [2.24, 2.45) is 0 Å². The molecule has 22 heavy (non-hydrogen) atoms. The van der Waals surface area contributed by atoms with Crippen LogP contribution in [0.2, 0.25) is 0 Å². The van der Waals surface area contributed by atoms with Gasteiger partial charge in [-0.2, -0.15) is 13.2 Å². The van der Waals surface area contributed by atoms with Gasteiger partial charge in [-0.15, -0.1) is 0 Å². The lowest BCUT2D eigenvalue weighted by Gasteiger charge is -2.16. The molecule has 6 heteroatoms. The van der Waals surface area contributed by atoms with Crippen LogP contribution in [0.3, 0.4) is 0 Å². The highest BCUT2D eigenvalue weighted by molar-refractivity contribution is 5.78. The Morgan fingerprint density at radius 1 is 1.18 bits per heavy atom. The number of likely N-dealkylation sites (tertiary alicyclic amines) is 1. The van der Waals surface area contributed by atoms with Crippen LogP contribution in [0.15, 0.2) is 16.5 Å². The largest absolute Gasteiger partial charge is 0.440 e. The SMILES string of the molecule is CC.Cc1nc2cc(CN3CCCC3)cc(C(F)(F)F)c2o1. The molecule has 0 N–H and O–H groups in total. The summed E-state index contributed by atoms with van der Waals surface area (Å²) in [4.78, 5) is 6.20. The van der Waals surface area contributed by atoms with Crippen LogP contribution in [0.4, 0.5) is 13.2 Å². The molecular weight excluding hydrogens is 293 g/mol. The number of fused-ring (bicyclic) bond motifs is 1. The molecular formula is C16H21F3N2O. The number of benzene rings is 1. The summed E-state index contributed by atoms with van der Waals surface area (Å²) in [5.41, 5.74) is 0.0246. The van der Waals surface area contributed by atoms with Crippen LogP contribution in [-0.2, 0) is 12.7 Å². The number of halogens is 3. The molecule has 1 aromatic heterocycles. The summed E-state index contributed by atoms with van der Waals surface area (Å²) in [7, 11) is 0. The minimum Gasteiger partial charge on any atom is -0.440 e. The van der Waals surface area contributed by atoms with Gasteiger partial charge in [-0.25, -0.2) is 4.98 Å². The molecule has 1 aromatic carbocycles. The molecule has 0 saturated carbocycles. The van der Waals surface area contributed by atoms with Crippen LogP contribution in [0.25, 0.3) is 11.1 Å². The third-order valence-electron chi connectivity index (χ3n) is 3.57. The van der Waals surface area contributed by atoms with Gasteiger partial charge in [0.2, 0.25) is 0 Å². The monoisotopic (exact) mass is 314 g/mol. The molecule has 3 rings (SSSR count). The first-order valence-corrected chi connectivity index (χ1v) is 7.63. The van der Waals surface area contributed by atoms with E-state index < -0.39 is 11.7 Å². The second-order valence-electron chi connectivity index (χ2n) is 5.21. The van der Waals surface area contributed by atoms with Gasteiger partial charge in [0.25, 0.3) is 0 Å². The van der Waals surface area contributed by atoms with Gasteiger partial charge in [-0.05, 0) is 43.6 Å². The number of nitrogens with zero attached hydrogens (tertiary/aromatic N) is 2. The number of hydrogen-bond donors (Lipinski definition) is 0. The maximum atomic E-state index is 13.1. The molecule has 3 nitrogen and oxygen atoms in total. The summed E-state index contributed by atoms with van der Waals surface area (Å²) >= 11 is 0. The standard InChI is InChI=1S/C14H15F3N2O.C2H6/c1-9-18-12-7-10(8-19-4-2-3-5-19)6-11(13(12)20-9)14(15,16)17;1-2/h6-7H,2-5,8H2,1H3;1-2H3. The van der Waals surface area contributed by atoms with Gasteiger partial charge in [0.15, 0.2) is 11.5 Å². The Balaban J connectivity index is 0.000000847. The predicted molar refractivity (Wildman–Crippen MR) is 79.6 cm³/mol. The van der Waals surface area contributed by atoms with Crippen molar-refractivity contribution in [3.8, 4) is 0 Å². The van der Waals surface area contributed by atoms with E-state index in [0.29, 0.717) is 12.1 Å². The molecule has 0 aliphatic carbocycles. The number of rotatable bonds is 2. The highest BCUT2D eigenvalue weighted by Crippen LogP contribution is 2.36. The highest BCUT2D eigenvalue weighted by Gasteiger charge is 2.35. The van der Waals surface area contributed by atoms with E-state index in [2.05, 4.69) is 9.88 Å². The van der Waals surface area contributed by atoms with E-state index in [1.165, 1.54) is 6.07 Å². The van der Waals surface area contributed by atoms with Crippen LogP contribution >= 0.6 is 0 Å². The van der Waals surface area contributed by atoms with Crippen molar-refractivity contribution >= 4 is 11.1 Å². The topological polar surface area (TPSA) is 29.3 Å². The van der Waals surface area contributed by atoms with Crippen molar-refractivity contribution in [1.82, 2.24) is 9.88 Å². The van der Waals surface area contributed by atoms with Crippen molar-refractivity contribution in [3.63, 3.8) is 0 Å². The molecule has 0 spiro atoms. The van der Waals surface area contributed by atoms with E-state index >= 15 is 0 Å². The van der Waals surface area contributed by atoms with Crippen LogP contribution < -0.4 is 0 Å². The molecule has 1 fully saturated rings. The maximum absolute atomic E-state index is 13.1. The summed E-state index contributed by atoms with van der Waals surface area (Å²) in [6, 6.07) is 2.88. The molecule has 0 bridgehead atoms. The Morgan fingerprint density at radius 2 is 1.82 bits per heavy atom. The van der Waals surface area contributed by atoms with Crippen LogP contribution in [0, 0.1) is 6.92 Å². The summed E-state index contributed by atoms with van der Waals surface area (Å²) in [5, 5.41) is 0. The Bertz CT molecular complexity index is 628. The van der Waals surface area contributed by atoms with Gasteiger partial charge < -0.3 is 4.42 Å². The van der Waals surface area contributed by atoms with Gasteiger partial charge >= 0.3 is 6.18 Å². The van der Waals surface area contributed by atoms with Gasteiger partial charge in [0.05, 0.1) is 0 Å². The van der Waals surface area contributed by atoms with Crippen molar-refractivity contribution in [2.45, 2.75) is 46.3 Å². The fourth-order valence-corrected chi connectivity index (χ4v) is 2.70. The first-order chi connectivity index (χ1) is 10.4. The third-order valence-corrected chi connectivity index (χ3v) is 3.57. The van der Waals surface area contributed by atoms with Gasteiger partial charge in [0.1, 0.15) is 11.1 Å². The molecule has 1 aliphatic heterocycles. The number of hydrogen-bond acceptors (Lipinski definition) is 3. The van der Waals surface area contributed by atoms with Crippen molar-refractivity contribution in [1.29, 1.82) is 0 Å². The number of oxazole rings is 1. The smallest absolute Gasteiger partial charge is 0.420 e. The molecule has 0 unspecified atom stereocenters. The fourth-order valence-electron chi connectivity index (χ4n) is 2.70. The first-order valence-electron chi connectivity index (χ1n) is 7.63. The summed E-state index contributed by atoms with van der Waals surface area (Å²) in [6.45, 7) is 7.97. The number of aryl methyl sites for hydroxylation is 1. The first kappa shape index (κ1) is 16.8. The lowest BCUT2D eigenvalue weighted by atomic mass is 10.1. The Hall–Kier alpha value is -1.56. The van der Waals surface area contributed by atoms with E-state index in [4.69, 9.17) is 4.42 Å². The van der Waals surface area contributed by atoms with Crippen LogP contribution in [-0.4, -0.2) is 23.0 Å². The third kappa shape index (κ3) is 3.61. The van der Waals surface area contributed by atoms with Crippen molar-refractivity contribution < 1.29 is 17.6 Å². The van der Waals surface area contributed by atoms with E-state index in [9.17, 15) is 13.2 Å². The molecule has 0 atom stereocenters. The van der Waals surface area contributed by atoms with Gasteiger partial charge in [0, 0.05) is 13.5 Å². The highest BCUT2D eigenvalue weighted by atomic mass is 19.4. The number of aromatic nitrogens is 1. The normalized spacial score (nSPS) is 15.9. The molecule has 1 aliphatic rings. The molecule has 2 heterocycles. The van der Waals surface area contributed by atoms with Crippen LogP contribution in [0.5, 0.6) is 0 Å². The predicted octanol–water partition coefficient (Wildman–Crippen LogP) is 4.78. The summed E-state index contributed by atoms with van der Waals surface area (Å²) in [5.74, 6) is 0.254. The molecule has 0 radical (unpaired) electrons. The zero-order valence-corrected chi connectivity index (χ0v) is 13.1. The zero-order chi connectivity index (χ0) is 16.3. The molecule has 2 aromatic rings. The zero-order valence-electron chi connectivity index (χ0n) is 13.1. The quantitative estimate of drug-likeness (QED) is 0.799. The van der Waals surface area contributed by atoms with Crippen molar-refractivity contribution in [3.05, 3.63) is 29.2 Å². The summed E-state index contributed by atoms with van der Waals surface area (Å²) in [6.07, 6.45) is -2.21. The Morgan fingerprint density at radius 3 is 2.41 bits per heavy atom. The minimum absolute atomic E-state index is 0.167. The lowest BCUT2D eigenvalue weighted by molar-refractivity contribution is -0.136.